The van der Waals surface area contributed by atoms with Gasteiger partial charge < -0.3 is 15.1 Å². The van der Waals surface area contributed by atoms with Gasteiger partial charge in [-0.1, -0.05) is 19.1 Å². The van der Waals surface area contributed by atoms with Crippen molar-refractivity contribution in [1.82, 2.24) is 15.1 Å². The Morgan fingerprint density at radius 2 is 1.70 bits per heavy atom. The lowest BCUT2D eigenvalue weighted by molar-refractivity contribution is -0.133. The zero-order chi connectivity index (χ0) is 22.3. The van der Waals surface area contributed by atoms with Crippen LogP contribution in [0.3, 0.4) is 0 Å². The van der Waals surface area contributed by atoms with Crippen LogP contribution in [0.1, 0.15) is 49.4 Å². The Labute approximate surface area is 182 Å². The number of carbonyl (C=O) groups excluding carboxylic acids is 2. The van der Waals surface area contributed by atoms with E-state index in [2.05, 4.69) is 5.32 Å². The SMILES string of the molecule is CCCN(CC(=O)N(Cc1ccc(F)cc1)Cc1ccc(C)s1)C(=O)NC(C)(C)C. The summed E-state index contributed by atoms with van der Waals surface area (Å²) in [6.07, 6.45) is 0.757. The summed E-state index contributed by atoms with van der Waals surface area (Å²) < 4.78 is 13.3. The van der Waals surface area contributed by atoms with Crippen LogP contribution in [0.4, 0.5) is 9.18 Å². The van der Waals surface area contributed by atoms with Gasteiger partial charge in [0.15, 0.2) is 0 Å². The van der Waals surface area contributed by atoms with Crippen molar-refractivity contribution in [3.8, 4) is 0 Å². The molecule has 3 amide bonds. The average Bonchev–Trinajstić information content (AvgIpc) is 3.06. The largest absolute Gasteiger partial charge is 0.333 e. The third-order valence-corrected chi connectivity index (χ3v) is 5.36. The number of thiophene rings is 1. The molecular formula is C23H32FN3O2S. The van der Waals surface area contributed by atoms with Crippen molar-refractivity contribution < 1.29 is 14.0 Å². The first-order valence-electron chi connectivity index (χ1n) is 10.2. The maximum atomic E-state index is 13.3. The molecule has 1 aromatic carbocycles. The standard InChI is InChI=1S/C23H32FN3O2S/c1-6-13-26(22(29)25-23(3,4)5)16-21(28)27(15-20-12-7-17(2)30-20)14-18-8-10-19(24)11-9-18/h7-12H,6,13-16H2,1-5H3,(H,25,29). The quantitative estimate of drug-likeness (QED) is 0.641. The molecule has 2 rings (SSSR count). The Balaban J connectivity index is 2.18. The first-order chi connectivity index (χ1) is 14.1. The number of nitrogens with zero attached hydrogens (tertiary/aromatic N) is 2. The van der Waals surface area contributed by atoms with Gasteiger partial charge in [-0.15, -0.1) is 11.3 Å². The van der Waals surface area contributed by atoms with E-state index < -0.39 is 0 Å². The van der Waals surface area contributed by atoms with E-state index in [0.29, 0.717) is 19.6 Å². The van der Waals surface area contributed by atoms with Gasteiger partial charge in [-0.3, -0.25) is 4.79 Å². The second-order valence-corrected chi connectivity index (χ2v) is 9.86. The fourth-order valence-corrected chi connectivity index (χ4v) is 3.89. The third kappa shape index (κ3) is 7.78. The molecule has 0 spiro atoms. The Kier molecular flexibility index (Phi) is 8.41. The van der Waals surface area contributed by atoms with Gasteiger partial charge in [0.1, 0.15) is 12.4 Å². The van der Waals surface area contributed by atoms with Crippen molar-refractivity contribution in [2.24, 2.45) is 0 Å². The molecule has 0 aliphatic carbocycles. The van der Waals surface area contributed by atoms with Gasteiger partial charge in [0.25, 0.3) is 0 Å². The molecule has 1 aromatic heterocycles. The highest BCUT2D eigenvalue weighted by molar-refractivity contribution is 7.11. The van der Waals surface area contributed by atoms with Crippen LogP contribution in [0.15, 0.2) is 36.4 Å². The van der Waals surface area contributed by atoms with Crippen molar-refractivity contribution in [3.63, 3.8) is 0 Å². The highest BCUT2D eigenvalue weighted by Crippen LogP contribution is 2.19. The molecule has 0 aliphatic heterocycles. The second-order valence-electron chi connectivity index (χ2n) is 8.49. The summed E-state index contributed by atoms with van der Waals surface area (Å²) in [4.78, 5) is 31.4. The van der Waals surface area contributed by atoms with Crippen LogP contribution in [0.5, 0.6) is 0 Å². The lowest BCUT2D eigenvalue weighted by Gasteiger charge is -2.30. The predicted molar refractivity (Wildman–Crippen MR) is 120 cm³/mol. The van der Waals surface area contributed by atoms with E-state index in [1.165, 1.54) is 17.0 Å². The van der Waals surface area contributed by atoms with Crippen LogP contribution in [0.2, 0.25) is 0 Å². The number of carbonyl (C=O) groups is 2. The van der Waals surface area contributed by atoms with Crippen LogP contribution < -0.4 is 5.32 Å². The van der Waals surface area contributed by atoms with Gasteiger partial charge >= 0.3 is 6.03 Å². The van der Waals surface area contributed by atoms with Gasteiger partial charge in [-0.25, -0.2) is 9.18 Å². The number of aryl methyl sites for hydroxylation is 1. The summed E-state index contributed by atoms with van der Waals surface area (Å²) in [6.45, 7) is 11.1. The van der Waals surface area contributed by atoms with Crippen LogP contribution in [0, 0.1) is 12.7 Å². The van der Waals surface area contributed by atoms with E-state index in [9.17, 15) is 14.0 Å². The van der Waals surface area contributed by atoms with Crippen LogP contribution in [-0.4, -0.2) is 40.4 Å². The minimum Gasteiger partial charge on any atom is -0.333 e. The number of rotatable bonds is 8. The topological polar surface area (TPSA) is 52.7 Å². The molecule has 164 valence electrons. The van der Waals surface area contributed by atoms with E-state index in [1.54, 1.807) is 33.3 Å². The molecule has 0 radical (unpaired) electrons. The minimum absolute atomic E-state index is 0.00130. The smallest absolute Gasteiger partial charge is 0.318 e. The van der Waals surface area contributed by atoms with Crippen molar-refractivity contribution in [2.45, 2.75) is 59.7 Å². The number of nitrogens with one attached hydrogen (secondary N) is 1. The lowest BCUT2D eigenvalue weighted by Crippen LogP contribution is -2.51. The summed E-state index contributed by atoms with van der Waals surface area (Å²) >= 11 is 1.64. The Bertz CT molecular complexity index is 843. The van der Waals surface area contributed by atoms with Crippen molar-refractivity contribution in [3.05, 3.63) is 57.5 Å². The van der Waals surface area contributed by atoms with Crippen molar-refractivity contribution >= 4 is 23.3 Å². The number of halogens is 1. The minimum atomic E-state index is -0.381. The lowest BCUT2D eigenvalue weighted by atomic mass is 10.1. The Morgan fingerprint density at radius 1 is 1.03 bits per heavy atom. The van der Waals surface area contributed by atoms with E-state index in [0.717, 1.165) is 16.9 Å². The van der Waals surface area contributed by atoms with Crippen LogP contribution in [0.25, 0.3) is 0 Å². The first-order valence-corrected chi connectivity index (χ1v) is 11.0. The molecular weight excluding hydrogens is 401 g/mol. The van der Waals surface area contributed by atoms with Crippen molar-refractivity contribution in [2.75, 3.05) is 13.1 Å². The second kappa shape index (κ2) is 10.6. The molecule has 0 unspecified atom stereocenters. The average molecular weight is 434 g/mol. The molecule has 0 saturated carbocycles. The number of urea groups is 1. The maximum Gasteiger partial charge on any atom is 0.318 e. The zero-order valence-electron chi connectivity index (χ0n) is 18.5. The van der Waals surface area contributed by atoms with E-state index in [1.807, 2.05) is 46.8 Å². The molecule has 0 bridgehead atoms. The van der Waals surface area contributed by atoms with Gasteiger partial charge in [-0.05, 0) is 63.9 Å². The van der Waals surface area contributed by atoms with Crippen molar-refractivity contribution in [1.29, 1.82) is 0 Å². The van der Waals surface area contributed by atoms with Crippen LogP contribution >= 0.6 is 11.3 Å². The molecule has 0 aliphatic rings. The number of amides is 3. The Hall–Kier alpha value is -2.41. The molecule has 30 heavy (non-hydrogen) atoms. The van der Waals surface area contributed by atoms with Gasteiger partial charge in [0.05, 0.1) is 6.54 Å². The fraction of sp³-hybridized carbons (Fsp3) is 0.478. The molecule has 0 saturated heterocycles. The molecule has 2 aromatic rings. The highest BCUT2D eigenvalue weighted by Gasteiger charge is 2.24. The predicted octanol–water partition coefficient (Wildman–Crippen LogP) is 4.94. The molecule has 7 heteroatoms. The fourth-order valence-electron chi connectivity index (χ4n) is 2.99. The van der Waals surface area contributed by atoms with Gasteiger partial charge in [-0.2, -0.15) is 0 Å². The maximum absolute atomic E-state index is 13.3. The van der Waals surface area contributed by atoms with Gasteiger partial charge in [0.2, 0.25) is 5.91 Å². The molecule has 0 atom stereocenters. The van der Waals surface area contributed by atoms with E-state index >= 15 is 0 Å². The van der Waals surface area contributed by atoms with Gasteiger partial charge in [0, 0.05) is 28.4 Å². The zero-order valence-corrected chi connectivity index (χ0v) is 19.3. The molecule has 1 heterocycles. The normalized spacial score (nSPS) is 11.3. The van der Waals surface area contributed by atoms with E-state index in [4.69, 9.17) is 0 Å². The monoisotopic (exact) mass is 433 g/mol. The Morgan fingerprint density at radius 3 is 2.23 bits per heavy atom. The summed E-state index contributed by atoms with van der Waals surface area (Å²) in [5.41, 5.74) is 0.466. The number of hydrogen-bond donors (Lipinski definition) is 1. The van der Waals surface area contributed by atoms with Crippen LogP contribution in [-0.2, 0) is 17.9 Å². The van der Waals surface area contributed by atoms with E-state index in [-0.39, 0.29) is 29.8 Å². The number of hydrogen-bond acceptors (Lipinski definition) is 3. The third-order valence-electron chi connectivity index (χ3n) is 4.37. The summed E-state index contributed by atoms with van der Waals surface area (Å²) in [7, 11) is 0. The highest BCUT2D eigenvalue weighted by atomic mass is 32.1. The molecule has 0 fully saturated rings. The molecule has 5 nitrogen and oxygen atoms in total. The summed E-state index contributed by atoms with van der Waals surface area (Å²) in [5, 5.41) is 2.93. The summed E-state index contributed by atoms with van der Waals surface area (Å²) in [5.74, 6) is -0.443. The number of benzene rings is 1. The summed E-state index contributed by atoms with van der Waals surface area (Å²) in [6, 6.07) is 9.96. The molecule has 1 N–H and O–H groups in total. The first kappa shape index (κ1) is 23.9.